The first kappa shape index (κ1) is 43.4. The number of thioether (sulfide) groups is 2. The number of thiocarbonyl (C=S) groups is 2. The number of thiophene rings is 2. The van der Waals surface area contributed by atoms with Crippen LogP contribution in [-0.4, -0.2) is 8.39 Å². The van der Waals surface area contributed by atoms with Gasteiger partial charge in [0.05, 0.1) is 8.39 Å². The molecule has 53 heavy (non-hydrogen) atoms. The van der Waals surface area contributed by atoms with Crippen molar-refractivity contribution in [1.29, 1.82) is 0 Å². The molecular weight excluding hydrogens is 757 g/mol. The molecule has 4 heterocycles. The van der Waals surface area contributed by atoms with Gasteiger partial charge < -0.3 is 0 Å². The Hall–Kier alpha value is -0.760. The molecule has 0 amide bonds. The molecule has 290 valence electrons. The average Bonchev–Trinajstić information content (AvgIpc) is 3.89. The van der Waals surface area contributed by atoms with E-state index in [4.69, 9.17) is 24.4 Å². The number of aryl methyl sites for hydroxylation is 2. The van der Waals surface area contributed by atoms with Crippen molar-refractivity contribution in [2.45, 2.75) is 188 Å². The molecule has 0 nitrogen and oxygen atoms in total. The molecule has 2 aliphatic rings. The van der Waals surface area contributed by atoms with Crippen molar-refractivity contribution in [3.63, 3.8) is 0 Å². The van der Waals surface area contributed by atoms with Crippen molar-refractivity contribution in [2.24, 2.45) is 0 Å². The number of unbranched alkanes of at least 4 members (excludes halogenated alkanes) is 18. The molecule has 0 aliphatic carbocycles. The summed E-state index contributed by atoms with van der Waals surface area (Å²) in [5.74, 6) is 0. The third-order valence-corrected chi connectivity index (χ3v) is 17.0. The molecule has 0 saturated heterocycles. The fourth-order valence-electron chi connectivity index (χ4n) is 7.95. The summed E-state index contributed by atoms with van der Waals surface area (Å²) in [7, 11) is 0. The molecular formula is C47H66S6. The lowest BCUT2D eigenvalue weighted by atomic mass is 9.90. The van der Waals surface area contributed by atoms with E-state index >= 15 is 0 Å². The first-order valence-electron chi connectivity index (χ1n) is 21.2. The number of rotatable bonds is 24. The largest absolute Gasteiger partial charge is 0.139 e. The van der Waals surface area contributed by atoms with Crippen LogP contribution in [0.5, 0.6) is 0 Å². The summed E-state index contributed by atoms with van der Waals surface area (Å²) in [6, 6.07) is 9.82. The topological polar surface area (TPSA) is 0 Å². The fraction of sp³-hybridized carbons (Fsp3) is 0.617. The number of fused-ring (bicyclic) bond motifs is 2. The molecule has 0 spiro atoms. The number of hydrogen-bond donors (Lipinski definition) is 0. The third kappa shape index (κ3) is 12.1. The van der Waals surface area contributed by atoms with E-state index < -0.39 is 0 Å². The fourth-order valence-corrected chi connectivity index (χ4v) is 13.5. The van der Waals surface area contributed by atoms with Gasteiger partial charge in [-0.25, -0.2) is 0 Å². The zero-order valence-corrected chi connectivity index (χ0v) is 38.7. The second-order valence-corrected chi connectivity index (χ2v) is 22.3. The van der Waals surface area contributed by atoms with Crippen LogP contribution in [-0.2, 0) is 18.3 Å². The maximum Gasteiger partial charge on any atom is 0.0833 e. The number of benzene rings is 1. The predicted octanol–water partition coefficient (Wildman–Crippen LogP) is 15.8. The normalized spacial score (nSPS) is 14.2. The lowest BCUT2D eigenvalue weighted by Gasteiger charge is -2.19. The standard InChI is InChI=1S/C47H66S6/c1-7-9-11-13-15-17-19-21-23-25-27-34-29-41(43-37-32-38-36(33(3)50-45(38)48)31-39(37)46(49)53-43)51-42(34)40-30-35(44(52-40)47(4,5)6)28-26-24-22-20-18-16-14-12-10-8-2/h29-32H,7-28H2,1-6H3. The second kappa shape index (κ2) is 21.7. The van der Waals surface area contributed by atoms with Crippen LogP contribution in [0.15, 0.2) is 24.3 Å². The highest BCUT2D eigenvalue weighted by Gasteiger charge is 2.28. The molecule has 2 aromatic heterocycles. The predicted molar refractivity (Wildman–Crippen MR) is 253 cm³/mol. The molecule has 2 aliphatic heterocycles. The van der Waals surface area contributed by atoms with Gasteiger partial charge in [0.25, 0.3) is 0 Å². The Balaban J connectivity index is 1.35. The van der Waals surface area contributed by atoms with Crippen molar-refractivity contribution < 1.29 is 0 Å². The van der Waals surface area contributed by atoms with Gasteiger partial charge in [-0.2, -0.15) is 0 Å². The van der Waals surface area contributed by atoms with E-state index in [-0.39, 0.29) is 5.41 Å². The Morgan fingerprint density at radius 2 is 0.962 bits per heavy atom. The Morgan fingerprint density at radius 3 is 1.51 bits per heavy atom. The molecule has 5 rings (SSSR count). The minimum atomic E-state index is 0.153. The van der Waals surface area contributed by atoms with E-state index in [1.165, 1.54) is 181 Å². The zero-order chi connectivity index (χ0) is 37.8. The van der Waals surface area contributed by atoms with Gasteiger partial charge in [-0.05, 0) is 88.8 Å². The van der Waals surface area contributed by atoms with Crippen LogP contribution in [0.25, 0.3) is 19.6 Å². The molecule has 0 unspecified atom stereocenters. The van der Waals surface area contributed by atoms with Gasteiger partial charge in [0.2, 0.25) is 0 Å². The van der Waals surface area contributed by atoms with E-state index in [0.29, 0.717) is 0 Å². The van der Waals surface area contributed by atoms with Crippen LogP contribution < -0.4 is 10.4 Å². The summed E-state index contributed by atoms with van der Waals surface area (Å²) >= 11 is 19.5. The van der Waals surface area contributed by atoms with Crippen LogP contribution in [0.4, 0.5) is 0 Å². The summed E-state index contributed by atoms with van der Waals surface area (Å²) in [5.41, 5.74) is 5.73. The van der Waals surface area contributed by atoms with Crippen LogP contribution in [0.3, 0.4) is 0 Å². The van der Waals surface area contributed by atoms with Gasteiger partial charge in [-0.15, -0.1) is 22.7 Å². The Kier molecular flexibility index (Phi) is 17.7. The SMILES string of the molecule is CCCCCCCCCCCCc1cc(C2=c3cc4c(cc3C(=S)S2)=C(C)SC4=S)sc1-c1cc(CCCCCCCCCCCC)c(C(C)(C)C)s1. The quantitative estimate of drug-likeness (QED) is 0.0652. The average molecular weight is 823 g/mol. The van der Waals surface area contributed by atoms with Crippen molar-refractivity contribution in [2.75, 3.05) is 0 Å². The van der Waals surface area contributed by atoms with Crippen LogP contribution in [0.1, 0.15) is 202 Å². The monoisotopic (exact) mass is 822 g/mol. The van der Waals surface area contributed by atoms with Gasteiger partial charge in [-0.1, -0.05) is 198 Å². The van der Waals surface area contributed by atoms with Crippen LogP contribution in [0.2, 0.25) is 0 Å². The van der Waals surface area contributed by atoms with Gasteiger partial charge in [0.1, 0.15) is 0 Å². The van der Waals surface area contributed by atoms with Gasteiger partial charge in [0.15, 0.2) is 0 Å². The molecule has 0 bridgehead atoms. The first-order valence-corrected chi connectivity index (χ1v) is 25.3. The highest BCUT2D eigenvalue weighted by Crippen LogP contribution is 2.47. The maximum absolute atomic E-state index is 6.03. The first-order chi connectivity index (χ1) is 25.6. The molecule has 0 radical (unpaired) electrons. The third-order valence-electron chi connectivity index (χ3n) is 11.0. The van der Waals surface area contributed by atoms with Crippen LogP contribution >= 0.6 is 70.6 Å². The minimum Gasteiger partial charge on any atom is -0.139 e. The summed E-state index contributed by atoms with van der Waals surface area (Å²) < 4.78 is 2.00. The maximum atomic E-state index is 6.03. The van der Waals surface area contributed by atoms with E-state index in [0.717, 1.165) is 14.8 Å². The Morgan fingerprint density at radius 1 is 0.509 bits per heavy atom. The van der Waals surface area contributed by atoms with Crippen molar-refractivity contribution in [1.82, 2.24) is 0 Å². The molecule has 0 saturated carbocycles. The molecule has 6 heteroatoms. The molecule has 0 N–H and O–H groups in total. The van der Waals surface area contributed by atoms with Crippen molar-refractivity contribution in [3.05, 3.63) is 66.7 Å². The van der Waals surface area contributed by atoms with Crippen molar-refractivity contribution in [3.8, 4) is 9.75 Å². The Labute approximate surface area is 350 Å². The highest BCUT2D eigenvalue weighted by molar-refractivity contribution is 8.30. The summed E-state index contributed by atoms with van der Waals surface area (Å²) in [4.78, 5) is 8.59. The molecule has 0 fully saturated rings. The van der Waals surface area contributed by atoms with Crippen LogP contribution in [0, 0.1) is 0 Å². The van der Waals surface area contributed by atoms with Gasteiger partial charge in [0, 0.05) is 35.5 Å². The lowest BCUT2D eigenvalue weighted by molar-refractivity contribution is 0.553. The number of hydrogen-bond acceptors (Lipinski definition) is 6. The highest BCUT2D eigenvalue weighted by atomic mass is 32.2. The lowest BCUT2D eigenvalue weighted by Crippen LogP contribution is -2.19. The summed E-state index contributed by atoms with van der Waals surface area (Å²) in [6.45, 7) is 14.0. The van der Waals surface area contributed by atoms with Gasteiger partial charge >= 0.3 is 0 Å². The minimum absolute atomic E-state index is 0.153. The summed E-state index contributed by atoms with van der Waals surface area (Å²) in [6.07, 6.45) is 30.0. The molecule has 3 aromatic rings. The second-order valence-electron chi connectivity index (χ2n) is 16.7. The van der Waals surface area contributed by atoms with E-state index in [1.807, 2.05) is 11.3 Å². The Bertz CT molecular complexity index is 1790. The van der Waals surface area contributed by atoms with E-state index in [2.05, 4.69) is 77.1 Å². The van der Waals surface area contributed by atoms with E-state index in [1.54, 1.807) is 39.5 Å². The smallest absolute Gasteiger partial charge is 0.0833 e. The molecule has 1 aromatic carbocycles. The zero-order valence-electron chi connectivity index (χ0n) is 33.8. The van der Waals surface area contributed by atoms with E-state index in [9.17, 15) is 0 Å². The van der Waals surface area contributed by atoms with Gasteiger partial charge in [-0.3, -0.25) is 0 Å². The van der Waals surface area contributed by atoms with Crippen molar-refractivity contribution >= 4 is 88.8 Å². The summed E-state index contributed by atoms with van der Waals surface area (Å²) in [5, 5.41) is 2.57. The molecule has 0 atom stereocenters.